The molecule has 0 bridgehead atoms. The van der Waals surface area contributed by atoms with E-state index in [1.54, 1.807) is 11.4 Å². The summed E-state index contributed by atoms with van der Waals surface area (Å²) < 4.78 is 26.2. The van der Waals surface area contributed by atoms with Gasteiger partial charge in [0.15, 0.2) is 0 Å². The maximum absolute atomic E-state index is 12.0. The smallest absolute Gasteiger partial charge is 0.240 e. The largest absolute Gasteiger partial charge is 0.387 e. The van der Waals surface area contributed by atoms with Gasteiger partial charge in [-0.15, -0.1) is 0 Å². The van der Waals surface area contributed by atoms with Crippen LogP contribution in [0.4, 0.5) is 0 Å². The Hall–Kier alpha value is -0.990. The highest BCUT2D eigenvalue weighted by Crippen LogP contribution is 2.17. The van der Waals surface area contributed by atoms with E-state index in [2.05, 4.69) is 9.71 Å². The number of aromatic nitrogens is 1. The summed E-state index contributed by atoms with van der Waals surface area (Å²) in [6, 6.07) is 4.33. The molecule has 0 aliphatic heterocycles. The number of rotatable bonds is 5. The SMILES string of the molecule is O=S(=O)(NCC(O)c1ccsc1)c1ccnc(Cl)c1. The van der Waals surface area contributed by atoms with Crippen LogP contribution in [0, 0.1) is 0 Å². The molecule has 102 valence electrons. The molecule has 0 aliphatic rings. The highest BCUT2D eigenvalue weighted by molar-refractivity contribution is 7.89. The lowest BCUT2D eigenvalue weighted by Crippen LogP contribution is -2.28. The van der Waals surface area contributed by atoms with Crippen LogP contribution in [0.15, 0.2) is 40.1 Å². The van der Waals surface area contributed by atoms with Crippen molar-refractivity contribution in [2.24, 2.45) is 0 Å². The van der Waals surface area contributed by atoms with Crippen LogP contribution in [0.5, 0.6) is 0 Å². The number of hydrogen-bond donors (Lipinski definition) is 2. The van der Waals surface area contributed by atoms with Crippen LogP contribution in [-0.4, -0.2) is 25.1 Å². The van der Waals surface area contributed by atoms with Crippen LogP contribution in [0.2, 0.25) is 5.15 Å². The third-order valence-corrected chi connectivity index (χ3v) is 4.73. The monoisotopic (exact) mass is 318 g/mol. The standard InChI is InChI=1S/C11H11ClN2O3S2/c12-11-5-9(1-3-13-11)19(16,17)14-6-10(15)8-2-4-18-7-8/h1-5,7,10,14-15H,6H2. The second-order valence-corrected chi connectivity index (χ2v) is 6.67. The van der Waals surface area contributed by atoms with E-state index in [-0.39, 0.29) is 16.6 Å². The molecule has 2 heterocycles. The highest BCUT2D eigenvalue weighted by Gasteiger charge is 2.17. The molecule has 5 nitrogen and oxygen atoms in total. The lowest BCUT2D eigenvalue weighted by molar-refractivity contribution is 0.182. The maximum Gasteiger partial charge on any atom is 0.240 e. The highest BCUT2D eigenvalue weighted by atomic mass is 35.5. The molecular weight excluding hydrogens is 308 g/mol. The fraction of sp³-hybridized carbons (Fsp3) is 0.182. The van der Waals surface area contributed by atoms with Crippen LogP contribution >= 0.6 is 22.9 Å². The summed E-state index contributed by atoms with van der Waals surface area (Å²) >= 11 is 7.08. The lowest BCUT2D eigenvalue weighted by atomic mass is 10.2. The Labute approximate surface area is 119 Å². The minimum atomic E-state index is -3.70. The molecule has 0 spiro atoms. The fourth-order valence-corrected chi connectivity index (χ4v) is 3.40. The molecule has 2 rings (SSSR count). The summed E-state index contributed by atoms with van der Waals surface area (Å²) in [7, 11) is -3.70. The van der Waals surface area contributed by atoms with Gasteiger partial charge in [-0.2, -0.15) is 11.3 Å². The Kier molecular flexibility index (Phi) is 4.54. The number of thiophene rings is 1. The zero-order chi connectivity index (χ0) is 13.9. The zero-order valence-electron chi connectivity index (χ0n) is 9.65. The van der Waals surface area contributed by atoms with E-state index in [1.807, 2.05) is 5.38 Å². The van der Waals surface area contributed by atoms with Gasteiger partial charge in [0.2, 0.25) is 10.0 Å². The van der Waals surface area contributed by atoms with E-state index < -0.39 is 16.1 Å². The van der Waals surface area contributed by atoms with E-state index in [1.165, 1.54) is 29.7 Å². The molecule has 2 aromatic heterocycles. The first kappa shape index (κ1) is 14.4. The molecule has 0 aliphatic carbocycles. The van der Waals surface area contributed by atoms with E-state index in [4.69, 9.17) is 11.6 Å². The van der Waals surface area contributed by atoms with Crippen LogP contribution < -0.4 is 4.72 Å². The molecule has 2 aromatic rings. The molecule has 0 amide bonds. The number of pyridine rings is 1. The molecule has 0 aromatic carbocycles. The number of aliphatic hydroxyl groups excluding tert-OH is 1. The Bertz CT molecular complexity index is 644. The molecular formula is C11H11ClN2O3S2. The molecule has 0 fully saturated rings. The zero-order valence-corrected chi connectivity index (χ0v) is 12.0. The van der Waals surface area contributed by atoms with Crippen LogP contribution in [0.25, 0.3) is 0 Å². The Balaban J connectivity index is 2.06. The fourth-order valence-electron chi connectivity index (χ4n) is 1.41. The summed E-state index contributed by atoms with van der Waals surface area (Å²) in [6.07, 6.45) is 0.435. The minimum Gasteiger partial charge on any atom is -0.387 e. The van der Waals surface area contributed by atoms with Crippen molar-refractivity contribution in [1.82, 2.24) is 9.71 Å². The molecule has 0 saturated heterocycles. The van der Waals surface area contributed by atoms with Crippen molar-refractivity contribution in [2.45, 2.75) is 11.0 Å². The van der Waals surface area contributed by atoms with E-state index in [9.17, 15) is 13.5 Å². The van der Waals surface area contributed by atoms with Crippen LogP contribution in [0.3, 0.4) is 0 Å². The summed E-state index contributed by atoms with van der Waals surface area (Å²) in [4.78, 5) is 3.73. The molecule has 1 atom stereocenters. The van der Waals surface area contributed by atoms with Crippen molar-refractivity contribution in [3.63, 3.8) is 0 Å². The van der Waals surface area contributed by atoms with Gasteiger partial charge in [0.05, 0.1) is 11.0 Å². The van der Waals surface area contributed by atoms with E-state index in [0.717, 1.165) is 0 Å². The van der Waals surface area contributed by atoms with Gasteiger partial charge < -0.3 is 5.11 Å². The predicted molar refractivity (Wildman–Crippen MR) is 73.7 cm³/mol. The van der Waals surface area contributed by atoms with Gasteiger partial charge in [-0.3, -0.25) is 0 Å². The molecule has 8 heteroatoms. The lowest BCUT2D eigenvalue weighted by Gasteiger charge is -2.11. The van der Waals surface area contributed by atoms with Crippen molar-refractivity contribution in [3.05, 3.63) is 45.9 Å². The van der Waals surface area contributed by atoms with Crippen molar-refractivity contribution >= 4 is 33.0 Å². The first-order chi connectivity index (χ1) is 8.99. The summed E-state index contributed by atoms with van der Waals surface area (Å²) in [5, 5.41) is 13.5. The number of sulfonamides is 1. The third kappa shape index (κ3) is 3.74. The average Bonchev–Trinajstić information content (AvgIpc) is 2.90. The maximum atomic E-state index is 12.0. The van der Waals surface area contributed by atoms with E-state index >= 15 is 0 Å². The first-order valence-electron chi connectivity index (χ1n) is 5.30. The van der Waals surface area contributed by atoms with Gasteiger partial charge in [-0.1, -0.05) is 11.6 Å². The number of aliphatic hydroxyl groups is 1. The van der Waals surface area contributed by atoms with Crippen molar-refractivity contribution in [2.75, 3.05) is 6.54 Å². The Morgan fingerprint density at radius 3 is 2.89 bits per heavy atom. The first-order valence-corrected chi connectivity index (χ1v) is 8.11. The summed E-state index contributed by atoms with van der Waals surface area (Å²) in [5.74, 6) is 0. The Morgan fingerprint density at radius 2 is 2.26 bits per heavy atom. The van der Waals surface area contributed by atoms with Crippen LogP contribution in [-0.2, 0) is 10.0 Å². The number of hydrogen-bond acceptors (Lipinski definition) is 5. The molecule has 19 heavy (non-hydrogen) atoms. The molecule has 0 radical (unpaired) electrons. The van der Waals surface area contributed by atoms with Gasteiger partial charge in [0, 0.05) is 12.7 Å². The average molecular weight is 319 g/mol. The molecule has 1 unspecified atom stereocenters. The number of halogens is 1. The quantitative estimate of drug-likeness (QED) is 0.824. The van der Waals surface area contributed by atoms with Crippen molar-refractivity contribution in [3.8, 4) is 0 Å². The predicted octanol–water partition coefficient (Wildman–Crippen LogP) is 1.81. The van der Waals surface area contributed by atoms with Gasteiger partial charge >= 0.3 is 0 Å². The third-order valence-electron chi connectivity index (χ3n) is 2.40. The van der Waals surface area contributed by atoms with Gasteiger partial charge in [-0.05, 0) is 34.5 Å². The minimum absolute atomic E-state index is 0.0185. The van der Waals surface area contributed by atoms with Gasteiger partial charge in [-0.25, -0.2) is 18.1 Å². The van der Waals surface area contributed by atoms with Gasteiger partial charge in [0.1, 0.15) is 5.15 Å². The molecule has 0 saturated carbocycles. The van der Waals surface area contributed by atoms with Crippen molar-refractivity contribution < 1.29 is 13.5 Å². The van der Waals surface area contributed by atoms with Crippen molar-refractivity contribution in [1.29, 1.82) is 0 Å². The Morgan fingerprint density at radius 1 is 1.47 bits per heavy atom. The second-order valence-electron chi connectivity index (χ2n) is 3.74. The molecule has 2 N–H and O–H groups in total. The normalized spacial score (nSPS) is 13.4. The summed E-state index contributed by atoms with van der Waals surface area (Å²) in [6.45, 7) is -0.0982. The van der Waals surface area contributed by atoms with Gasteiger partial charge in [0.25, 0.3) is 0 Å². The topological polar surface area (TPSA) is 79.3 Å². The van der Waals surface area contributed by atoms with E-state index in [0.29, 0.717) is 5.56 Å². The second kappa shape index (κ2) is 5.98. The number of nitrogens with one attached hydrogen (secondary N) is 1. The number of nitrogens with zero attached hydrogens (tertiary/aromatic N) is 1. The summed E-state index contributed by atoms with van der Waals surface area (Å²) in [5.41, 5.74) is 0.681. The van der Waals surface area contributed by atoms with Crippen LogP contribution in [0.1, 0.15) is 11.7 Å².